The van der Waals surface area contributed by atoms with Gasteiger partial charge >= 0.3 is 0 Å². The average Bonchev–Trinajstić information content (AvgIpc) is 2.83. The molecule has 0 aliphatic rings. The Bertz CT molecular complexity index is 856. The Morgan fingerprint density at radius 1 is 1.36 bits per heavy atom. The summed E-state index contributed by atoms with van der Waals surface area (Å²) < 4.78 is 16.0. The molecule has 0 aliphatic carbocycles. The van der Waals surface area contributed by atoms with Crippen LogP contribution in [0.4, 0.5) is 4.39 Å². The van der Waals surface area contributed by atoms with Crippen molar-refractivity contribution in [1.29, 1.82) is 0 Å². The van der Waals surface area contributed by atoms with Crippen molar-refractivity contribution in [3.63, 3.8) is 0 Å². The predicted molar refractivity (Wildman–Crippen MR) is 89.1 cm³/mol. The summed E-state index contributed by atoms with van der Waals surface area (Å²) in [6.45, 7) is 2.47. The maximum atomic E-state index is 14.1. The standard InChI is InChI=1S/C16H15FN4S/c1-10-8-13-16(19-9-10)21(7-6-14(18)22)15(20-13)11-4-2-3-5-12(11)17/h2-5,8-9H,6-7H2,1H3,(H2,18,22). The number of imidazole rings is 1. The Hall–Kier alpha value is -2.34. The summed E-state index contributed by atoms with van der Waals surface area (Å²) in [5.41, 5.74) is 8.50. The number of aryl methyl sites for hydroxylation is 2. The zero-order valence-electron chi connectivity index (χ0n) is 12.1. The molecule has 0 aliphatic heterocycles. The van der Waals surface area contributed by atoms with Crippen molar-refractivity contribution >= 4 is 28.4 Å². The Kier molecular flexibility index (Phi) is 3.85. The van der Waals surface area contributed by atoms with Crippen molar-refractivity contribution < 1.29 is 4.39 Å². The van der Waals surface area contributed by atoms with Gasteiger partial charge in [0, 0.05) is 19.2 Å². The molecule has 4 nitrogen and oxygen atoms in total. The summed E-state index contributed by atoms with van der Waals surface area (Å²) >= 11 is 4.95. The lowest BCUT2D eigenvalue weighted by Crippen LogP contribution is -2.13. The van der Waals surface area contributed by atoms with E-state index < -0.39 is 0 Å². The van der Waals surface area contributed by atoms with Gasteiger partial charge in [-0.2, -0.15) is 0 Å². The molecule has 112 valence electrons. The predicted octanol–water partition coefficient (Wildman–Crippen LogP) is 3.22. The Morgan fingerprint density at radius 2 is 2.14 bits per heavy atom. The van der Waals surface area contributed by atoms with Crippen molar-refractivity contribution in [2.24, 2.45) is 5.73 Å². The van der Waals surface area contributed by atoms with Crippen LogP contribution >= 0.6 is 12.2 Å². The number of fused-ring (bicyclic) bond motifs is 1. The molecule has 0 fully saturated rings. The second-order valence-corrected chi connectivity index (χ2v) is 5.66. The first kappa shape index (κ1) is 14.6. The van der Waals surface area contributed by atoms with Gasteiger partial charge < -0.3 is 10.3 Å². The number of halogens is 1. The summed E-state index contributed by atoms with van der Waals surface area (Å²) in [5.74, 6) is 0.230. The molecule has 2 aromatic heterocycles. The van der Waals surface area contributed by atoms with Crippen LogP contribution in [-0.2, 0) is 6.54 Å². The average molecular weight is 314 g/mol. The minimum Gasteiger partial charge on any atom is -0.393 e. The van der Waals surface area contributed by atoms with E-state index in [1.807, 2.05) is 17.6 Å². The van der Waals surface area contributed by atoms with Crippen LogP contribution in [0.5, 0.6) is 0 Å². The number of rotatable bonds is 4. The molecular weight excluding hydrogens is 299 g/mol. The maximum Gasteiger partial charge on any atom is 0.160 e. The molecular formula is C16H15FN4S. The van der Waals surface area contributed by atoms with Gasteiger partial charge in [-0.15, -0.1) is 0 Å². The minimum absolute atomic E-state index is 0.314. The fourth-order valence-electron chi connectivity index (χ4n) is 2.39. The molecule has 6 heteroatoms. The van der Waals surface area contributed by atoms with Crippen LogP contribution in [-0.4, -0.2) is 19.5 Å². The van der Waals surface area contributed by atoms with Crippen molar-refractivity contribution in [2.45, 2.75) is 19.9 Å². The number of aromatic nitrogens is 3. The van der Waals surface area contributed by atoms with Gasteiger partial charge in [-0.05, 0) is 30.7 Å². The van der Waals surface area contributed by atoms with Crippen LogP contribution in [0.1, 0.15) is 12.0 Å². The normalized spacial score (nSPS) is 11.0. The highest BCUT2D eigenvalue weighted by Gasteiger charge is 2.16. The van der Waals surface area contributed by atoms with Crippen molar-refractivity contribution in [1.82, 2.24) is 14.5 Å². The molecule has 0 spiro atoms. The fourth-order valence-corrected chi connectivity index (χ4v) is 2.48. The summed E-state index contributed by atoms with van der Waals surface area (Å²) in [6.07, 6.45) is 2.28. The topological polar surface area (TPSA) is 56.7 Å². The van der Waals surface area contributed by atoms with E-state index in [0.29, 0.717) is 35.0 Å². The van der Waals surface area contributed by atoms with Crippen LogP contribution in [0.15, 0.2) is 36.5 Å². The zero-order chi connectivity index (χ0) is 15.7. The van der Waals surface area contributed by atoms with Gasteiger partial charge in [-0.1, -0.05) is 24.4 Å². The quantitative estimate of drug-likeness (QED) is 0.751. The van der Waals surface area contributed by atoms with Crippen molar-refractivity contribution in [3.8, 4) is 11.4 Å². The Labute approximate surface area is 132 Å². The molecule has 0 atom stereocenters. The van der Waals surface area contributed by atoms with Crippen molar-refractivity contribution in [3.05, 3.63) is 47.9 Å². The summed E-state index contributed by atoms with van der Waals surface area (Å²) in [5, 5.41) is 0. The van der Waals surface area contributed by atoms with Gasteiger partial charge in [-0.3, -0.25) is 0 Å². The molecule has 0 bridgehead atoms. The number of benzene rings is 1. The SMILES string of the molecule is Cc1cnc2c(c1)nc(-c1ccccc1F)n2CCC(N)=S. The van der Waals surface area contributed by atoms with E-state index in [0.717, 1.165) is 11.1 Å². The van der Waals surface area contributed by atoms with Crippen molar-refractivity contribution in [2.75, 3.05) is 0 Å². The smallest absolute Gasteiger partial charge is 0.160 e. The molecule has 3 aromatic rings. The summed E-state index contributed by atoms with van der Waals surface area (Å²) in [4.78, 5) is 9.40. The number of pyridine rings is 1. The number of hydrogen-bond donors (Lipinski definition) is 1. The second kappa shape index (κ2) is 5.81. The van der Waals surface area contributed by atoms with Crippen LogP contribution < -0.4 is 5.73 Å². The molecule has 0 radical (unpaired) electrons. The third-order valence-corrected chi connectivity index (χ3v) is 3.62. The van der Waals surface area contributed by atoms with Gasteiger partial charge in [0.2, 0.25) is 0 Å². The lowest BCUT2D eigenvalue weighted by Gasteiger charge is -2.08. The zero-order valence-corrected chi connectivity index (χ0v) is 12.9. The van der Waals surface area contributed by atoms with Gasteiger partial charge in [0.05, 0.1) is 10.6 Å². The lowest BCUT2D eigenvalue weighted by molar-refractivity contribution is 0.627. The van der Waals surface area contributed by atoms with Crippen LogP contribution in [0, 0.1) is 12.7 Å². The molecule has 0 unspecified atom stereocenters. The van der Waals surface area contributed by atoms with Crippen LogP contribution in [0.25, 0.3) is 22.6 Å². The van der Waals surface area contributed by atoms with E-state index in [-0.39, 0.29) is 5.82 Å². The first-order valence-corrected chi connectivity index (χ1v) is 7.33. The number of nitrogens with two attached hydrogens (primary N) is 1. The molecule has 1 aromatic carbocycles. The van der Waals surface area contributed by atoms with E-state index in [2.05, 4.69) is 9.97 Å². The molecule has 0 saturated heterocycles. The van der Waals surface area contributed by atoms with E-state index in [4.69, 9.17) is 18.0 Å². The Balaban J connectivity index is 2.21. The minimum atomic E-state index is -0.314. The summed E-state index contributed by atoms with van der Waals surface area (Å²) in [7, 11) is 0. The summed E-state index contributed by atoms with van der Waals surface area (Å²) in [6, 6.07) is 8.51. The van der Waals surface area contributed by atoms with Gasteiger partial charge in [-0.25, -0.2) is 14.4 Å². The monoisotopic (exact) mass is 314 g/mol. The third kappa shape index (κ3) is 2.69. The van der Waals surface area contributed by atoms with Gasteiger partial charge in [0.25, 0.3) is 0 Å². The molecule has 2 N–H and O–H groups in total. The first-order valence-electron chi connectivity index (χ1n) is 6.92. The second-order valence-electron chi connectivity index (χ2n) is 5.14. The largest absolute Gasteiger partial charge is 0.393 e. The molecule has 22 heavy (non-hydrogen) atoms. The third-order valence-electron chi connectivity index (χ3n) is 3.42. The molecule has 0 amide bonds. The van der Waals surface area contributed by atoms with Crippen LogP contribution in [0.2, 0.25) is 0 Å². The highest BCUT2D eigenvalue weighted by atomic mass is 32.1. The number of nitrogens with zero attached hydrogens (tertiary/aromatic N) is 3. The number of hydrogen-bond acceptors (Lipinski definition) is 3. The van der Waals surface area contributed by atoms with E-state index in [1.165, 1.54) is 6.07 Å². The lowest BCUT2D eigenvalue weighted by atomic mass is 10.2. The molecule has 3 rings (SSSR count). The Morgan fingerprint density at radius 3 is 2.86 bits per heavy atom. The van der Waals surface area contributed by atoms with Gasteiger partial charge in [0.1, 0.15) is 17.2 Å². The maximum absolute atomic E-state index is 14.1. The van der Waals surface area contributed by atoms with E-state index in [1.54, 1.807) is 24.4 Å². The van der Waals surface area contributed by atoms with E-state index >= 15 is 0 Å². The highest BCUT2D eigenvalue weighted by Crippen LogP contribution is 2.26. The first-order chi connectivity index (χ1) is 10.6. The van der Waals surface area contributed by atoms with Crippen LogP contribution in [0.3, 0.4) is 0 Å². The molecule has 0 saturated carbocycles. The fraction of sp³-hybridized carbons (Fsp3) is 0.188. The van der Waals surface area contributed by atoms with E-state index in [9.17, 15) is 4.39 Å². The highest BCUT2D eigenvalue weighted by molar-refractivity contribution is 7.80. The number of thiocarbonyl (C=S) groups is 1. The molecule has 2 heterocycles. The van der Waals surface area contributed by atoms with Gasteiger partial charge in [0.15, 0.2) is 5.65 Å².